The first-order valence-corrected chi connectivity index (χ1v) is 3.51. The van der Waals surface area contributed by atoms with E-state index in [0.29, 0.717) is 5.75 Å². The lowest BCUT2D eigenvalue weighted by atomic mass is 10.5. The second-order valence-electron chi connectivity index (χ2n) is 1.56. The van der Waals surface area contributed by atoms with E-state index in [1.807, 2.05) is 0 Å². The number of ether oxygens (including phenoxy) is 1. The van der Waals surface area contributed by atoms with Crippen molar-refractivity contribution in [2.24, 2.45) is 0 Å². The van der Waals surface area contributed by atoms with Crippen molar-refractivity contribution in [3.8, 4) is 5.75 Å². The Morgan fingerprint density at radius 1 is 1.30 bits per heavy atom. The molecule has 2 nitrogen and oxygen atoms in total. The Kier molecular flexibility index (Phi) is 2.78. The summed E-state index contributed by atoms with van der Waals surface area (Å²) in [7, 11) is 0. The summed E-state index contributed by atoms with van der Waals surface area (Å²) >= 11 is 10.7. The zero-order valence-corrected chi connectivity index (χ0v) is 6.51. The number of hydrogen-bond donors (Lipinski definition) is 0. The second kappa shape index (κ2) is 3.64. The van der Waals surface area contributed by atoms with Crippen LogP contribution < -0.4 is 4.74 Å². The Bertz CT molecular complexity index is 190. The minimum absolute atomic E-state index is 0.616. The minimum Gasteiger partial charge on any atom is -0.461 e. The van der Waals surface area contributed by atoms with Gasteiger partial charge in [0.1, 0.15) is 5.75 Å². The smallest absolute Gasteiger partial charge is 0.247 e. The molecular formula is C6H5Cl2NO. The van der Waals surface area contributed by atoms with Crippen molar-refractivity contribution in [3.63, 3.8) is 0 Å². The topological polar surface area (TPSA) is 22.1 Å². The van der Waals surface area contributed by atoms with Crippen LogP contribution >= 0.6 is 23.2 Å². The summed E-state index contributed by atoms with van der Waals surface area (Å²) < 4.78 is 4.91. The summed E-state index contributed by atoms with van der Waals surface area (Å²) in [6.07, 6.45) is 3.21. The van der Waals surface area contributed by atoms with E-state index in [2.05, 4.69) is 4.98 Å². The summed E-state index contributed by atoms with van der Waals surface area (Å²) in [5.41, 5.74) is 0. The molecular weight excluding hydrogens is 173 g/mol. The van der Waals surface area contributed by atoms with Crippen LogP contribution in [0.1, 0.15) is 0 Å². The maximum Gasteiger partial charge on any atom is 0.247 e. The zero-order chi connectivity index (χ0) is 7.40. The normalized spacial score (nSPS) is 9.90. The highest BCUT2D eigenvalue weighted by Gasteiger charge is 1.97. The Balaban J connectivity index is 2.59. The van der Waals surface area contributed by atoms with E-state index in [4.69, 9.17) is 27.9 Å². The maximum absolute atomic E-state index is 5.34. The van der Waals surface area contributed by atoms with Gasteiger partial charge in [-0.15, -0.1) is 0 Å². The van der Waals surface area contributed by atoms with Gasteiger partial charge < -0.3 is 4.74 Å². The molecule has 0 bridgehead atoms. The second-order valence-corrected chi connectivity index (χ2v) is 2.58. The van der Waals surface area contributed by atoms with Crippen LogP contribution in [0.3, 0.4) is 0 Å². The van der Waals surface area contributed by atoms with Gasteiger partial charge in [0.05, 0.1) is 0 Å². The van der Waals surface area contributed by atoms with Gasteiger partial charge in [0.25, 0.3) is 0 Å². The molecule has 1 aromatic rings. The molecule has 0 aliphatic heterocycles. The number of nitrogens with zero attached hydrogens (tertiary/aromatic N) is 1. The fraction of sp³-hybridized carbons (Fsp3) is 0.167. The Morgan fingerprint density at radius 2 is 1.90 bits per heavy atom. The monoisotopic (exact) mass is 177 g/mol. The van der Waals surface area contributed by atoms with E-state index in [1.165, 1.54) is 0 Å². The molecule has 0 N–H and O–H groups in total. The third-order valence-electron chi connectivity index (χ3n) is 0.875. The summed E-state index contributed by atoms with van der Waals surface area (Å²) in [6.45, 7) is 0. The lowest BCUT2D eigenvalue weighted by molar-refractivity contribution is 0.354. The molecule has 10 heavy (non-hydrogen) atoms. The molecule has 0 fully saturated rings. The van der Waals surface area contributed by atoms with E-state index < -0.39 is 5.02 Å². The van der Waals surface area contributed by atoms with Gasteiger partial charge in [0, 0.05) is 12.4 Å². The molecule has 1 heterocycles. The van der Waals surface area contributed by atoms with Gasteiger partial charge in [-0.25, -0.2) is 0 Å². The largest absolute Gasteiger partial charge is 0.461 e. The van der Waals surface area contributed by atoms with Crippen LogP contribution in [-0.2, 0) is 0 Å². The molecule has 1 aromatic heterocycles. The van der Waals surface area contributed by atoms with Crippen LogP contribution in [0.5, 0.6) is 5.75 Å². The number of pyridine rings is 1. The van der Waals surface area contributed by atoms with E-state index in [1.54, 1.807) is 24.5 Å². The molecule has 0 unspecified atom stereocenters. The minimum atomic E-state index is -0.817. The molecule has 0 aliphatic rings. The van der Waals surface area contributed by atoms with Crippen molar-refractivity contribution in [2.45, 2.75) is 5.02 Å². The molecule has 0 saturated carbocycles. The zero-order valence-electron chi connectivity index (χ0n) is 5.00. The quantitative estimate of drug-likeness (QED) is 0.647. The Labute approximate surface area is 68.7 Å². The van der Waals surface area contributed by atoms with Crippen molar-refractivity contribution in [3.05, 3.63) is 24.5 Å². The molecule has 0 amide bonds. The lowest BCUT2D eigenvalue weighted by Gasteiger charge is -2.03. The summed E-state index contributed by atoms with van der Waals surface area (Å²) in [5.74, 6) is 0.616. The van der Waals surface area contributed by atoms with E-state index in [-0.39, 0.29) is 0 Å². The molecule has 0 atom stereocenters. The van der Waals surface area contributed by atoms with Crippen LogP contribution in [0.4, 0.5) is 0 Å². The first-order chi connectivity index (χ1) is 4.79. The number of aromatic nitrogens is 1. The highest BCUT2D eigenvalue weighted by atomic mass is 35.5. The van der Waals surface area contributed by atoms with Crippen LogP contribution in [0.2, 0.25) is 0 Å². The number of rotatable bonds is 2. The van der Waals surface area contributed by atoms with Gasteiger partial charge in [0.15, 0.2) is 0 Å². The Hall–Kier alpha value is -0.470. The van der Waals surface area contributed by atoms with Gasteiger partial charge in [-0.05, 0) is 12.1 Å². The fourth-order valence-corrected chi connectivity index (χ4v) is 0.725. The number of halogens is 2. The third kappa shape index (κ3) is 2.42. The standard InChI is InChI=1S/C6H5Cl2NO/c7-6(8)10-5-1-3-9-4-2-5/h1-4,6H. The van der Waals surface area contributed by atoms with E-state index in [0.717, 1.165) is 0 Å². The van der Waals surface area contributed by atoms with Crippen molar-refractivity contribution in [1.29, 1.82) is 0 Å². The molecule has 54 valence electrons. The van der Waals surface area contributed by atoms with Crippen LogP contribution in [0.15, 0.2) is 24.5 Å². The average molecular weight is 178 g/mol. The Morgan fingerprint density at radius 3 is 2.40 bits per heavy atom. The summed E-state index contributed by atoms with van der Waals surface area (Å²) in [4.78, 5) is 3.79. The molecule has 0 spiro atoms. The first kappa shape index (κ1) is 7.63. The molecule has 1 rings (SSSR count). The molecule has 0 aliphatic carbocycles. The van der Waals surface area contributed by atoms with Crippen LogP contribution in [0, 0.1) is 0 Å². The maximum atomic E-state index is 5.34. The molecule has 0 aromatic carbocycles. The van der Waals surface area contributed by atoms with Crippen molar-refractivity contribution in [1.82, 2.24) is 4.98 Å². The molecule has 0 saturated heterocycles. The average Bonchev–Trinajstić information content (AvgIpc) is 1.88. The van der Waals surface area contributed by atoms with Crippen LogP contribution in [-0.4, -0.2) is 10.0 Å². The number of hydrogen-bond acceptors (Lipinski definition) is 2. The van der Waals surface area contributed by atoms with Crippen molar-refractivity contribution >= 4 is 23.2 Å². The van der Waals surface area contributed by atoms with Gasteiger partial charge in [-0.1, -0.05) is 23.2 Å². The third-order valence-corrected chi connectivity index (χ3v) is 1.05. The van der Waals surface area contributed by atoms with Crippen molar-refractivity contribution < 1.29 is 4.74 Å². The first-order valence-electron chi connectivity index (χ1n) is 2.64. The van der Waals surface area contributed by atoms with Gasteiger partial charge in [-0.3, -0.25) is 4.98 Å². The SMILES string of the molecule is ClC(Cl)Oc1ccncc1. The van der Waals surface area contributed by atoms with E-state index >= 15 is 0 Å². The summed E-state index contributed by atoms with van der Waals surface area (Å²) in [6, 6.07) is 3.36. The van der Waals surface area contributed by atoms with Crippen molar-refractivity contribution in [2.75, 3.05) is 0 Å². The van der Waals surface area contributed by atoms with E-state index in [9.17, 15) is 0 Å². The highest BCUT2D eigenvalue weighted by molar-refractivity contribution is 6.43. The van der Waals surface area contributed by atoms with Gasteiger partial charge >= 0.3 is 0 Å². The van der Waals surface area contributed by atoms with Gasteiger partial charge in [-0.2, -0.15) is 0 Å². The molecule has 0 radical (unpaired) electrons. The predicted molar refractivity (Wildman–Crippen MR) is 40.4 cm³/mol. The lowest BCUT2D eigenvalue weighted by Crippen LogP contribution is -1.98. The number of alkyl halides is 2. The summed E-state index contributed by atoms with van der Waals surface area (Å²) in [5, 5.41) is -0.817. The predicted octanol–water partition coefficient (Wildman–Crippen LogP) is 2.22. The van der Waals surface area contributed by atoms with Crippen LogP contribution in [0.25, 0.3) is 0 Å². The highest BCUT2D eigenvalue weighted by Crippen LogP contribution is 2.13. The fourth-order valence-electron chi connectivity index (χ4n) is 0.520. The van der Waals surface area contributed by atoms with Gasteiger partial charge in [0.2, 0.25) is 5.02 Å². The molecule has 4 heteroatoms.